The summed E-state index contributed by atoms with van der Waals surface area (Å²) in [6.45, 7) is 4.69. The molecular formula is C26H28Cl2N2O3. The summed E-state index contributed by atoms with van der Waals surface area (Å²) in [5.41, 5.74) is 3.09. The van der Waals surface area contributed by atoms with Gasteiger partial charge >= 0.3 is 0 Å². The molecule has 5 rings (SSSR count). The number of aliphatic hydroxyl groups is 1. The highest BCUT2D eigenvalue weighted by Crippen LogP contribution is 2.38. The first-order valence-electron chi connectivity index (χ1n) is 11.0. The van der Waals surface area contributed by atoms with Crippen LogP contribution in [0.5, 0.6) is 11.5 Å². The quantitative estimate of drug-likeness (QED) is 0.525. The Morgan fingerprint density at radius 1 is 0.848 bits per heavy atom. The van der Waals surface area contributed by atoms with Crippen LogP contribution in [0.4, 0.5) is 0 Å². The van der Waals surface area contributed by atoms with Crippen molar-refractivity contribution in [1.29, 1.82) is 0 Å². The number of hydrogen-bond donors (Lipinski definition) is 1. The number of nitrogens with zero attached hydrogens (tertiary/aromatic N) is 2. The molecule has 3 aromatic rings. The number of benzene rings is 3. The molecule has 5 nitrogen and oxygen atoms in total. The van der Waals surface area contributed by atoms with Crippen molar-refractivity contribution >= 4 is 24.0 Å². The highest BCUT2D eigenvalue weighted by Gasteiger charge is 2.32. The van der Waals surface area contributed by atoms with Crippen molar-refractivity contribution in [2.45, 2.75) is 18.7 Å². The molecule has 0 saturated carbocycles. The molecule has 2 aliphatic heterocycles. The molecule has 2 atom stereocenters. The van der Waals surface area contributed by atoms with Gasteiger partial charge in [-0.1, -0.05) is 66.2 Å². The molecule has 2 unspecified atom stereocenters. The van der Waals surface area contributed by atoms with E-state index in [1.807, 2.05) is 60.7 Å². The van der Waals surface area contributed by atoms with Crippen molar-refractivity contribution in [3.8, 4) is 11.5 Å². The monoisotopic (exact) mass is 486 g/mol. The first-order valence-corrected chi connectivity index (χ1v) is 11.4. The van der Waals surface area contributed by atoms with Gasteiger partial charge in [-0.3, -0.25) is 9.80 Å². The molecule has 0 amide bonds. The smallest absolute Gasteiger partial charge is 0.231 e. The Hall–Kier alpha value is -2.28. The van der Waals surface area contributed by atoms with Crippen LogP contribution >= 0.6 is 24.0 Å². The summed E-state index contributed by atoms with van der Waals surface area (Å²) in [4.78, 5) is 4.79. The summed E-state index contributed by atoms with van der Waals surface area (Å²) in [5.74, 6) is 1.64. The van der Waals surface area contributed by atoms with Crippen LogP contribution in [0, 0.1) is 0 Å². The van der Waals surface area contributed by atoms with Crippen molar-refractivity contribution in [2.75, 3.05) is 33.0 Å². The van der Waals surface area contributed by atoms with Gasteiger partial charge in [0.15, 0.2) is 11.5 Å². The second kappa shape index (κ2) is 10.8. The summed E-state index contributed by atoms with van der Waals surface area (Å²) in [5, 5.41) is 12.1. The third kappa shape index (κ3) is 5.29. The topological polar surface area (TPSA) is 45.2 Å². The van der Waals surface area contributed by atoms with E-state index in [9.17, 15) is 5.11 Å². The molecule has 33 heavy (non-hydrogen) atoms. The molecule has 3 aromatic carbocycles. The summed E-state index contributed by atoms with van der Waals surface area (Å²) >= 11 is 6.58. The zero-order chi connectivity index (χ0) is 21.9. The van der Waals surface area contributed by atoms with Crippen molar-refractivity contribution in [1.82, 2.24) is 9.80 Å². The minimum atomic E-state index is -0.656. The SMILES string of the molecule is Cl.OC(c1ccccc1)C(c1ccccc1Cl)N1CCN(Cc2ccc3c(c2)OCO3)CC1. The zero-order valence-corrected chi connectivity index (χ0v) is 19.8. The van der Waals surface area contributed by atoms with Gasteiger partial charge in [-0.2, -0.15) is 0 Å². The molecule has 0 radical (unpaired) electrons. The van der Waals surface area contributed by atoms with Crippen molar-refractivity contribution in [3.63, 3.8) is 0 Å². The van der Waals surface area contributed by atoms with E-state index in [4.69, 9.17) is 21.1 Å². The Morgan fingerprint density at radius 2 is 1.55 bits per heavy atom. The lowest BCUT2D eigenvalue weighted by Gasteiger charge is -2.41. The second-order valence-electron chi connectivity index (χ2n) is 8.32. The number of hydrogen-bond acceptors (Lipinski definition) is 5. The maximum atomic E-state index is 11.4. The third-order valence-corrected chi connectivity index (χ3v) is 6.65. The Bertz CT molecular complexity index is 1060. The van der Waals surface area contributed by atoms with E-state index in [1.54, 1.807) is 0 Å². The maximum absolute atomic E-state index is 11.4. The molecule has 0 aliphatic carbocycles. The Labute approximate surface area is 205 Å². The predicted molar refractivity (Wildman–Crippen MR) is 132 cm³/mol. The third-order valence-electron chi connectivity index (χ3n) is 6.31. The van der Waals surface area contributed by atoms with E-state index < -0.39 is 6.10 Å². The standard InChI is InChI=1S/C26H27ClN2O3.ClH/c27-22-9-5-4-8-21(22)25(26(30)20-6-2-1-3-7-20)29-14-12-28(13-15-29)17-19-10-11-23-24(16-19)32-18-31-23;/h1-11,16,25-26,30H,12-15,17-18H2;1H. The van der Waals surface area contributed by atoms with Crippen LogP contribution in [0.25, 0.3) is 0 Å². The average Bonchev–Trinajstić information content (AvgIpc) is 3.30. The van der Waals surface area contributed by atoms with Gasteiger partial charge in [-0.25, -0.2) is 0 Å². The average molecular weight is 487 g/mol. The highest BCUT2D eigenvalue weighted by atomic mass is 35.5. The van der Waals surface area contributed by atoms with E-state index in [-0.39, 0.29) is 18.4 Å². The first-order chi connectivity index (χ1) is 15.7. The lowest BCUT2D eigenvalue weighted by molar-refractivity contribution is 0.0149. The lowest BCUT2D eigenvalue weighted by atomic mass is 9.93. The molecule has 0 aromatic heterocycles. The highest BCUT2D eigenvalue weighted by molar-refractivity contribution is 6.31. The van der Waals surface area contributed by atoms with E-state index >= 15 is 0 Å². The normalized spacial score (nSPS) is 17.9. The number of piperazine rings is 1. The summed E-state index contributed by atoms with van der Waals surface area (Å²) in [6, 6.07) is 23.7. The van der Waals surface area contributed by atoms with E-state index in [0.717, 1.165) is 55.3 Å². The van der Waals surface area contributed by atoms with Gasteiger partial charge in [0.1, 0.15) is 0 Å². The Kier molecular flexibility index (Phi) is 7.78. The minimum Gasteiger partial charge on any atom is -0.454 e. The van der Waals surface area contributed by atoms with E-state index in [2.05, 4.69) is 21.9 Å². The van der Waals surface area contributed by atoms with Crippen molar-refractivity contribution in [2.24, 2.45) is 0 Å². The molecule has 2 heterocycles. The Morgan fingerprint density at radius 3 is 2.30 bits per heavy atom. The van der Waals surface area contributed by atoms with Crippen LogP contribution in [0.3, 0.4) is 0 Å². The molecule has 7 heteroatoms. The number of ether oxygens (including phenoxy) is 2. The summed E-state index contributed by atoms with van der Waals surface area (Å²) in [6.07, 6.45) is -0.656. The molecule has 0 bridgehead atoms. The predicted octanol–water partition coefficient (Wildman–Crippen LogP) is 5.08. The number of halogens is 2. The fraction of sp³-hybridized carbons (Fsp3) is 0.308. The van der Waals surface area contributed by atoms with Crippen LogP contribution in [0.1, 0.15) is 28.8 Å². The van der Waals surface area contributed by atoms with Gasteiger partial charge in [0.2, 0.25) is 6.79 Å². The summed E-state index contributed by atoms with van der Waals surface area (Å²) < 4.78 is 10.9. The van der Waals surface area contributed by atoms with Crippen LogP contribution in [0.15, 0.2) is 72.8 Å². The van der Waals surface area contributed by atoms with Crippen LogP contribution in [-0.2, 0) is 6.54 Å². The fourth-order valence-corrected chi connectivity index (χ4v) is 4.86. The summed E-state index contributed by atoms with van der Waals surface area (Å²) in [7, 11) is 0. The van der Waals surface area contributed by atoms with Gasteiger partial charge in [0, 0.05) is 37.7 Å². The van der Waals surface area contributed by atoms with Gasteiger partial charge in [-0.15, -0.1) is 12.4 Å². The van der Waals surface area contributed by atoms with Gasteiger partial charge in [0.05, 0.1) is 12.1 Å². The number of rotatable bonds is 6. The second-order valence-corrected chi connectivity index (χ2v) is 8.73. The lowest BCUT2D eigenvalue weighted by Crippen LogP contribution is -2.48. The van der Waals surface area contributed by atoms with Crippen molar-refractivity contribution < 1.29 is 14.6 Å². The first kappa shape index (κ1) is 23.9. The molecular weight excluding hydrogens is 459 g/mol. The van der Waals surface area contributed by atoms with Gasteiger partial charge in [0.25, 0.3) is 0 Å². The van der Waals surface area contributed by atoms with Crippen LogP contribution < -0.4 is 9.47 Å². The molecule has 2 aliphatic rings. The van der Waals surface area contributed by atoms with Crippen LogP contribution in [-0.4, -0.2) is 47.9 Å². The molecule has 1 fully saturated rings. The molecule has 0 spiro atoms. The molecule has 1 saturated heterocycles. The zero-order valence-electron chi connectivity index (χ0n) is 18.3. The van der Waals surface area contributed by atoms with Crippen LogP contribution in [0.2, 0.25) is 5.02 Å². The van der Waals surface area contributed by atoms with E-state index in [0.29, 0.717) is 11.8 Å². The largest absolute Gasteiger partial charge is 0.454 e. The number of fused-ring (bicyclic) bond motifs is 1. The molecule has 1 N–H and O–H groups in total. The van der Waals surface area contributed by atoms with Gasteiger partial charge in [-0.05, 0) is 34.9 Å². The van der Waals surface area contributed by atoms with Crippen molar-refractivity contribution in [3.05, 3.63) is 94.5 Å². The number of aliphatic hydroxyl groups excluding tert-OH is 1. The van der Waals surface area contributed by atoms with Gasteiger partial charge < -0.3 is 14.6 Å². The van der Waals surface area contributed by atoms with E-state index in [1.165, 1.54) is 5.56 Å². The molecule has 174 valence electrons. The maximum Gasteiger partial charge on any atom is 0.231 e. The fourth-order valence-electron chi connectivity index (χ4n) is 4.61. The Balaban J connectivity index is 0.00000259. The minimum absolute atomic E-state index is 0.